The topological polar surface area (TPSA) is 91.4 Å². The van der Waals surface area contributed by atoms with Crippen molar-refractivity contribution in [2.75, 3.05) is 19.0 Å². The van der Waals surface area contributed by atoms with Crippen molar-refractivity contribution in [2.45, 2.75) is 19.1 Å². The molecule has 1 aliphatic heterocycles. The highest BCUT2D eigenvalue weighted by Crippen LogP contribution is 2.32. The van der Waals surface area contributed by atoms with E-state index in [1.165, 1.54) is 0 Å². The van der Waals surface area contributed by atoms with Gasteiger partial charge in [0.15, 0.2) is 6.23 Å². The molecule has 0 spiro atoms. The summed E-state index contributed by atoms with van der Waals surface area (Å²) < 4.78 is 5.56. The summed E-state index contributed by atoms with van der Waals surface area (Å²) in [4.78, 5) is 24.6. The monoisotopic (exact) mass is 423 g/mol. The first-order valence-corrected chi connectivity index (χ1v) is 10.1. The molecule has 1 atom stereocenters. The molecule has 0 saturated carbocycles. The maximum atomic E-state index is 12.6. The van der Waals surface area contributed by atoms with Crippen LogP contribution in [0.1, 0.15) is 28.2 Å². The number of ether oxygens (including phenoxy) is 1. The van der Waals surface area contributed by atoms with Gasteiger partial charge < -0.3 is 20.4 Å². The first kappa shape index (κ1) is 20.1. The van der Waals surface area contributed by atoms with Crippen molar-refractivity contribution in [3.05, 3.63) is 76.8 Å². The number of nitrogens with zero attached hydrogens (tertiary/aromatic N) is 2. The lowest BCUT2D eigenvalue weighted by molar-refractivity contribution is 0.0953. The number of amides is 1. The third-order valence-electron chi connectivity index (χ3n) is 4.84. The Kier molecular flexibility index (Phi) is 6.11. The summed E-state index contributed by atoms with van der Waals surface area (Å²) >= 11 is 6.00. The molecule has 2 heterocycles. The van der Waals surface area contributed by atoms with Crippen molar-refractivity contribution in [3.63, 3.8) is 0 Å². The van der Waals surface area contributed by atoms with Crippen LogP contribution in [0.5, 0.6) is 0 Å². The number of carbonyl (C=O) groups is 1. The molecule has 1 aromatic heterocycles. The molecule has 8 heteroatoms. The molecule has 154 valence electrons. The van der Waals surface area contributed by atoms with Gasteiger partial charge in [-0.3, -0.25) is 4.79 Å². The minimum atomic E-state index is -0.389. The van der Waals surface area contributed by atoms with E-state index < -0.39 is 0 Å². The fraction of sp³-hybridized carbons (Fsp3) is 0.227. The summed E-state index contributed by atoms with van der Waals surface area (Å²) in [5, 5.41) is 6.92. The standard InChI is InChI=1S/C22H22ClN5O2/c1-30-22-20(14-4-7-16(23)8-5-14)27-18-13-15(6-9-17(18)28-22)21(29)26-10-2-3-19-24-11-12-25-19/h4-9,11-13,22,28H,2-3,10H2,1H3,(H,24,25)(H,26,29). The van der Waals surface area contributed by atoms with Crippen LogP contribution in [-0.4, -0.2) is 41.5 Å². The van der Waals surface area contributed by atoms with Crippen LogP contribution in [0.3, 0.4) is 0 Å². The van der Waals surface area contributed by atoms with Gasteiger partial charge in [-0.25, -0.2) is 9.98 Å². The number of methoxy groups -OCH3 is 1. The average molecular weight is 424 g/mol. The first-order chi connectivity index (χ1) is 14.6. The molecule has 7 nitrogen and oxygen atoms in total. The largest absolute Gasteiger partial charge is 0.356 e. The number of hydrogen-bond acceptors (Lipinski definition) is 5. The Morgan fingerprint density at radius 3 is 2.80 bits per heavy atom. The quantitative estimate of drug-likeness (QED) is 0.502. The Morgan fingerprint density at radius 1 is 1.23 bits per heavy atom. The zero-order valence-corrected chi connectivity index (χ0v) is 17.2. The SMILES string of the molecule is COC1Nc2ccc(C(=O)NCCCc3ncc[nH]3)cc2N=C1c1ccc(Cl)cc1. The van der Waals surface area contributed by atoms with Gasteiger partial charge in [-0.2, -0.15) is 0 Å². The van der Waals surface area contributed by atoms with E-state index in [0.29, 0.717) is 22.8 Å². The van der Waals surface area contributed by atoms with Crippen molar-refractivity contribution >= 4 is 34.6 Å². The van der Waals surface area contributed by atoms with E-state index in [-0.39, 0.29) is 12.1 Å². The maximum absolute atomic E-state index is 12.6. The number of nitrogens with one attached hydrogen (secondary N) is 3. The van der Waals surface area contributed by atoms with Gasteiger partial charge in [0.05, 0.1) is 17.1 Å². The van der Waals surface area contributed by atoms with E-state index in [4.69, 9.17) is 21.3 Å². The van der Waals surface area contributed by atoms with Crippen LogP contribution in [0.15, 0.2) is 59.9 Å². The third kappa shape index (κ3) is 4.53. The van der Waals surface area contributed by atoms with E-state index in [9.17, 15) is 4.79 Å². The number of aliphatic imine (C=N–C) groups is 1. The number of halogens is 1. The molecule has 0 fully saturated rings. The number of aromatic amines is 1. The van der Waals surface area contributed by atoms with Gasteiger partial charge in [0, 0.05) is 48.6 Å². The van der Waals surface area contributed by atoms with Gasteiger partial charge in [0.25, 0.3) is 5.91 Å². The lowest BCUT2D eigenvalue weighted by atomic mass is 10.0. The predicted molar refractivity (Wildman–Crippen MR) is 118 cm³/mol. The third-order valence-corrected chi connectivity index (χ3v) is 5.09. The molecule has 3 N–H and O–H groups in total. The molecular formula is C22H22ClN5O2. The minimum absolute atomic E-state index is 0.130. The molecule has 1 unspecified atom stereocenters. The molecule has 2 aromatic carbocycles. The first-order valence-electron chi connectivity index (χ1n) is 9.68. The van der Waals surface area contributed by atoms with Crippen molar-refractivity contribution in [1.82, 2.24) is 15.3 Å². The molecule has 30 heavy (non-hydrogen) atoms. The second-order valence-corrected chi connectivity index (χ2v) is 7.33. The van der Waals surface area contributed by atoms with E-state index in [1.54, 1.807) is 31.6 Å². The van der Waals surface area contributed by atoms with Gasteiger partial charge in [0.2, 0.25) is 0 Å². The van der Waals surface area contributed by atoms with E-state index in [2.05, 4.69) is 20.6 Å². The lowest BCUT2D eigenvalue weighted by Crippen LogP contribution is -2.34. The van der Waals surface area contributed by atoms with Gasteiger partial charge in [-0.05, 0) is 36.8 Å². The maximum Gasteiger partial charge on any atom is 0.251 e. The average Bonchev–Trinajstić information content (AvgIpc) is 3.29. The molecule has 0 saturated heterocycles. The molecule has 0 aliphatic carbocycles. The van der Waals surface area contributed by atoms with Crippen LogP contribution in [0.25, 0.3) is 0 Å². The van der Waals surface area contributed by atoms with Crippen LogP contribution < -0.4 is 10.6 Å². The number of anilines is 1. The van der Waals surface area contributed by atoms with Crippen LogP contribution in [0.4, 0.5) is 11.4 Å². The second-order valence-electron chi connectivity index (χ2n) is 6.89. The van der Waals surface area contributed by atoms with E-state index in [0.717, 1.165) is 35.6 Å². The zero-order valence-electron chi connectivity index (χ0n) is 16.5. The summed E-state index contributed by atoms with van der Waals surface area (Å²) in [5.41, 5.74) is 3.70. The molecule has 3 aromatic rings. The number of aromatic nitrogens is 2. The summed E-state index contributed by atoms with van der Waals surface area (Å²) in [7, 11) is 1.62. The van der Waals surface area contributed by atoms with E-state index in [1.807, 2.05) is 30.3 Å². The van der Waals surface area contributed by atoms with Crippen LogP contribution >= 0.6 is 11.6 Å². The Balaban J connectivity index is 1.48. The Labute approximate surface area is 179 Å². The summed E-state index contributed by atoms with van der Waals surface area (Å²) in [6, 6.07) is 12.8. The molecule has 0 radical (unpaired) electrons. The van der Waals surface area contributed by atoms with Gasteiger partial charge in [0.1, 0.15) is 5.82 Å². The fourth-order valence-electron chi connectivity index (χ4n) is 3.29. The van der Waals surface area contributed by atoms with Gasteiger partial charge >= 0.3 is 0 Å². The summed E-state index contributed by atoms with van der Waals surface area (Å²) in [5.74, 6) is 0.787. The summed E-state index contributed by atoms with van der Waals surface area (Å²) in [6.45, 7) is 0.569. The number of hydrogen-bond donors (Lipinski definition) is 3. The molecule has 1 aliphatic rings. The number of rotatable bonds is 7. The molecular weight excluding hydrogens is 402 g/mol. The smallest absolute Gasteiger partial charge is 0.251 e. The second kappa shape index (κ2) is 9.11. The highest BCUT2D eigenvalue weighted by atomic mass is 35.5. The number of imidazole rings is 1. The molecule has 1 amide bonds. The Morgan fingerprint density at radius 2 is 2.07 bits per heavy atom. The van der Waals surface area contributed by atoms with Crippen LogP contribution in [-0.2, 0) is 11.2 Å². The number of aryl methyl sites for hydroxylation is 1. The number of benzene rings is 2. The minimum Gasteiger partial charge on any atom is -0.356 e. The van der Waals surface area contributed by atoms with Crippen molar-refractivity contribution in [1.29, 1.82) is 0 Å². The van der Waals surface area contributed by atoms with Gasteiger partial charge in [-0.15, -0.1) is 0 Å². The highest BCUT2D eigenvalue weighted by molar-refractivity contribution is 6.30. The van der Waals surface area contributed by atoms with Gasteiger partial charge in [-0.1, -0.05) is 23.7 Å². The van der Waals surface area contributed by atoms with Crippen molar-refractivity contribution in [2.24, 2.45) is 4.99 Å². The molecule has 0 bridgehead atoms. The number of fused-ring (bicyclic) bond motifs is 1. The fourth-order valence-corrected chi connectivity index (χ4v) is 3.41. The highest BCUT2D eigenvalue weighted by Gasteiger charge is 2.24. The number of carbonyl (C=O) groups excluding carboxylic acids is 1. The summed E-state index contributed by atoms with van der Waals surface area (Å²) in [6.07, 6.45) is 4.72. The Bertz CT molecular complexity index is 1050. The zero-order chi connectivity index (χ0) is 20.9. The van der Waals surface area contributed by atoms with Crippen molar-refractivity contribution in [3.8, 4) is 0 Å². The number of H-pyrrole nitrogens is 1. The predicted octanol–water partition coefficient (Wildman–Crippen LogP) is 3.94. The Hall–Kier alpha value is -3.16. The molecule has 4 rings (SSSR count). The van der Waals surface area contributed by atoms with Crippen molar-refractivity contribution < 1.29 is 9.53 Å². The van der Waals surface area contributed by atoms with Crippen LogP contribution in [0.2, 0.25) is 5.02 Å². The van der Waals surface area contributed by atoms with E-state index >= 15 is 0 Å². The van der Waals surface area contributed by atoms with Crippen LogP contribution in [0, 0.1) is 0 Å². The lowest BCUT2D eigenvalue weighted by Gasteiger charge is -2.26. The normalized spacial score (nSPS) is 15.1.